The van der Waals surface area contributed by atoms with Crippen LogP contribution in [-0.2, 0) is 4.74 Å². The largest absolute Gasteiger partial charge is 0.383 e. The Morgan fingerprint density at radius 3 is 2.67 bits per heavy atom. The van der Waals surface area contributed by atoms with Crippen LogP contribution in [0.15, 0.2) is 42.5 Å². The molecular formula is C18H26N2O. The van der Waals surface area contributed by atoms with E-state index in [0.717, 1.165) is 26.2 Å². The minimum absolute atomic E-state index is 0.336. The quantitative estimate of drug-likeness (QED) is 0.807. The Kier molecular flexibility index (Phi) is 6.18. The molecule has 2 rings (SSSR count). The molecule has 0 spiro atoms. The topological polar surface area (TPSA) is 24.5 Å². The zero-order valence-electron chi connectivity index (χ0n) is 13.3. The molecule has 3 heteroatoms. The molecule has 2 aromatic rings. The Hall–Kier alpha value is -1.42. The van der Waals surface area contributed by atoms with E-state index >= 15 is 0 Å². The number of ether oxygens (including phenoxy) is 1. The normalized spacial score (nSPS) is 13.0. The highest BCUT2D eigenvalue weighted by Gasteiger charge is 2.15. The summed E-state index contributed by atoms with van der Waals surface area (Å²) in [6.07, 6.45) is 0. The average molecular weight is 286 g/mol. The third-order valence-electron chi connectivity index (χ3n) is 3.82. The summed E-state index contributed by atoms with van der Waals surface area (Å²) in [6.45, 7) is 5.82. The van der Waals surface area contributed by atoms with Crippen molar-refractivity contribution >= 4 is 10.8 Å². The maximum atomic E-state index is 5.17. The maximum Gasteiger partial charge on any atom is 0.0589 e. The molecule has 0 aromatic heterocycles. The summed E-state index contributed by atoms with van der Waals surface area (Å²) in [5.41, 5.74) is 1.37. The lowest BCUT2D eigenvalue weighted by Gasteiger charge is -2.26. The molecule has 0 saturated carbocycles. The van der Waals surface area contributed by atoms with E-state index in [2.05, 4.69) is 66.7 Å². The van der Waals surface area contributed by atoms with Crippen molar-refractivity contribution in [3.05, 3.63) is 48.0 Å². The number of likely N-dealkylation sites (N-methyl/N-ethyl adjacent to an activating group) is 2. The number of nitrogens with zero attached hydrogens (tertiary/aromatic N) is 1. The number of nitrogens with one attached hydrogen (secondary N) is 1. The molecule has 0 aliphatic rings. The van der Waals surface area contributed by atoms with Gasteiger partial charge in [0.05, 0.1) is 6.61 Å². The third-order valence-corrected chi connectivity index (χ3v) is 3.82. The van der Waals surface area contributed by atoms with Gasteiger partial charge in [0.15, 0.2) is 0 Å². The summed E-state index contributed by atoms with van der Waals surface area (Å²) >= 11 is 0. The molecule has 1 N–H and O–H groups in total. The second-order valence-corrected chi connectivity index (χ2v) is 5.43. The first-order valence-electron chi connectivity index (χ1n) is 7.64. The number of hydrogen-bond acceptors (Lipinski definition) is 3. The Balaban J connectivity index is 2.23. The van der Waals surface area contributed by atoms with E-state index in [0.29, 0.717) is 6.04 Å². The fourth-order valence-corrected chi connectivity index (χ4v) is 2.72. The summed E-state index contributed by atoms with van der Waals surface area (Å²) in [7, 11) is 3.90. The Morgan fingerprint density at radius 1 is 1.14 bits per heavy atom. The molecule has 0 aliphatic heterocycles. The van der Waals surface area contributed by atoms with Crippen LogP contribution in [0.1, 0.15) is 18.5 Å². The smallest absolute Gasteiger partial charge is 0.0589 e. The van der Waals surface area contributed by atoms with Crippen molar-refractivity contribution in [2.45, 2.75) is 13.0 Å². The molecule has 0 bridgehead atoms. The zero-order chi connectivity index (χ0) is 15.1. The molecule has 0 amide bonds. The van der Waals surface area contributed by atoms with E-state index in [1.807, 2.05) is 0 Å². The first-order valence-corrected chi connectivity index (χ1v) is 7.64. The van der Waals surface area contributed by atoms with E-state index in [1.54, 1.807) is 7.11 Å². The first-order chi connectivity index (χ1) is 10.3. The molecule has 0 radical (unpaired) electrons. The van der Waals surface area contributed by atoms with Gasteiger partial charge in [-0.15, -0.1) is 0 Å². The van der Waals surface area contributed by atoms with Crippen molar-refractivity contribution in [3.63, 3.8) is 0 Å². The Bertz CT molecular complexity index is 550. The van der Waals surface area contributed by atoms with Crippen LogP contribution in [0.3, 0.4) is 0 Å². The van der Waals surface area contributed by atoms with Crippen molar-refractivity contribution in [1.82, 2.24) is 10.2 Å². The molecule has 0 aliphatic carbocycles. The molecule has 1 atom stereocenters. The zero-order valence-corrected chi connectivity index (χ0v) is 13.3. The van der Waals surface area contributed by atoms with Gasteiger partial charge in [-0.1, -0.05) is 49.4 Å². The van der Waals surface area contributed by atoms with Crippen molar-refractivity contribution in [2.75, 3.05) is 40.4 Å². The van der Waals surface area contributed by atoms with Crippen LogP contribution in [0.5, 0.6) is 0 Å². The van der Waals surface area contributed by atoms with Crippen molar-refractivity contribution in [3.8, 4) is 0 Å². The van der Waals surface area contributed by atoms with Gasteiger partial charge in [0, 0.05) is 26.2 Å². The molecular weight excluding hydrogens is 260 g/mol. The predicted molar refractivity (Wildman–Crippen MR) is 89.7 cm³/mol. The second kappa shape index (κ2) is 8.13. The van der Waals surface area contributed by atoms with Gasteiger partial charge in [-0.2, -0.15) is 0 Å². The molecule has 1 unspecified atom stereocenters. The number of rotatable bonds is 8. The monoisotopic (exact) mass is 286 g/mol. The second-order valence-electron chi connectivity index (χ2n) is 5.43. The van der Waals surface area contributed by atoms with Crippen molar-refractivity contribution in [2.24, 2.45) is 0 Å². The summed E-state index contributed by atoms with van der Waals surface area (Å²) in [5, 5.41) is 6.26. The van der Waals surface area contributed by atoms with Gasteiger partial charge in [-0.25, -0.2) is 0 Å². The van der Waals surface area contributed by atoms with E-state index in [-0.39, 0.29) is 0 Å². The molecule has 21 heavy (non-hydrogen) atoms. The summed E-state index contributed by atoms with van der Waals surface area (Å²) < 4.78 is 5.17. The maximum absolute atomic E-state index is 5.17. The van der Waals surface area contributed by atoms with Crippen LogP contribution in [0.25, 0.3) is 10.8 Å². The molecule has 0 heterocycles. The summed E-state index contributed by atoms with van der Waals surface area (Å²) in [5.74, 6) is 0. The summed E-state index contributed by atoms with van der Waals surface area (Å²) in [6, 6.07) is 15.5. The number of benzene rings is 2. The van der Waals surface area contributed by atoms with Crippen LogP contribution in [-0.4, -0.2) is 45.3 Å². The Labute approximate surface area is 127 Å². The lowest BCUT2D eigenvalue weighted by molar-refractivity contribution is 0.155. The highest BCUT2D eigenvalue weighted by atomic mass is 16.5. The standard InChI is InChI=1S/C18H26N2O/c1-4-19-18(14-20(2)12-13-21-3)17-11-7-9-15-8-5-6-10-16(15)17/h5-11,18-19H,4,12-14H2,1-3H3. The van der Waals surface area contributed by atoms with Gasteiger partial charge in [-0.3, -0.25) is 0 Å². The van der Waals surface area contributed by atoms with Gasteiger partial charge in [0.2, 0.25) is 0 Å². The van der Waals surface area contributed by atoms with Crippen LogP contribution in [0, 0.1) is 0 Å². The Morgan fingerprint density at radius 2 is 1.90 bits per heavy atom. The highest BCUT2D eigenvalue weighted by Crippen LogP contribution is 2.24. The number of methoxy groups -OCH3 is 1. The lowest BCUT2D eigenvalue weighted by Crippen LogP contribution is -2.34. The highest BCUT2D eigenvalue weighted by molar-refractivity contribution is 5.86. The molecule has 0 saturated heterocycles. The van der Waals surface area contributed by atoms with Crippen LogP contribution >= 0.6 is 0 Å². The van der Waals surface area contributed by atoms with Gasteiger partial charge in [0.1, 0.15) is 0 Å². The third kappa shape index (κ3) is 4.27. The van der Waals surface area contributed by atoms with E-state index < -0.39 is 0 Å². The molecule has 2 aromatic carbocycles. The number of fused-ring (bicyclic) bond motifs is 1. The SMILES string of the molecule is CCNC(CN(C)CCOC)c1cccc2ccccc12. The van der Waals surface area contributed by atoms with Gasteiger partial charge in [-0.05, 0) is 29.9 Å². The van der Waals surface area contributed by atoms with E-state index in [4.69, 9.17) is 4.74 Å². The molecule has 3 nitrogen and oxygen atoms in total. The van der Waals surface area contributed by atoms with Crippen LogP contribution < -0.4 is 5.32 Å². The van der Waals surface area contributed by atoms with Crippen molar-refractivity contribution in [1.29, 1.82) is 0 Å². The molecule has 0 fully saturated rings. The van der Waals surface area contributed by atoms with E-state index in [1.165, 1.54) is 16.3 Å². The number of hydrogen-bond donors (Lipinski definition) is 1. The molecule has 114 valence electrons. The van der Waals surface area contributed by atoms with Crippen LogP contribution in [0.4, 0.5) is 0 Å². The van der Waals surface area contributed by atoms with Crippen LogP contribution in [0.2, 0.25) is 0 Å². The average Bonchev–Trinajstić information content (AvgIpc) is 2.52. The minimum atomic E-state index is 0.336. The fraction of sp³-hybridized carbons (Fsp3) is 0.444. The van der Waals surface area contributed by atoms with Gasteiger partial charge < -0.3 is 15.0 Å². The van der Waals surface area contributed by atoms with Crippen molar-refractivity contribution < 1.29 is 4.74 Å². The summed E-state index contributed by atoms with van der Waals surface area (Å²) in [4.78, 5) is 2.32. The minimum Gasteiger partial charge on any atom is -0.383 e. The van der Waals surface area contributed by atoms with Gasteiger partial charge in [0.25, 0.3) is 0 Å². The fourth-order valence-electron chi connectivity index (χ4n) is 2.72. The van der Waals surface area contributed by atoms with Gasteiger partial charge >= 0.3 is 0 Å². The first kappa shape index (κ1) is 16.0. The predicted octanol–water partition coefficient (Wildman–Crippen LogP) is 3.07. The van der Waals surface area contributed by atoms with E-state index in [9.17, 15) is 0 Å². The lowest BCUT2D eigenvalue weighted by atomic mass is 9.98.